The fraction of sp³-hybridized carbons (Fsp3) is 0.250. The van der Waals surface area contributed by atoms with Crippen LogP contribution in [-0.4, -0.2) is 27.4 Å². The number of amides is 1. The number of carbonyl (C=O) groups is 1. The zero-order valence-electron chi connectivity index (χ0n) is 13.8. The lowest BCUT2D eigenvalue weighted by molar-refractivity contribution is 0.0949. The average molecular weight is 432 g/mol. The fourth-order valence-electron chi connectivity index (χ4n) is 2.12. The predicted molar refractivity (Wildman–Crippen MR) is 111 cm³/mol. The van der Waals surface area contributed by atoms with Crippen LogP contribution in [0.4, 0.5) is 0 Å². The summed E-state index contributed by atoms with van der Waals surface area (Å²) < 4.78 is 0. The Labute approximate surface area is 172 Å². The molecule has 1 amide bonds. The third kappa shape index (κ3) is 6.00. The van der Waals surface area contributed by atoms with Crippen LogP contribution in [0.3, 0.4) is 0 Å². The third-order valence-corrected chi connectivity index (χ3v) is 5.12. The molecular weight excluding hydrogens is 413 g/mol. The molecule has 0 saturated carbocycles. The first-order valence-electron chi connectivity index (χ1n) is 7.53. The third-order valence-electron chi connectivity index (χ3n) is 3.34. The lowest BCUT2D eigenvalue weighted by atomic mass is 10.2. The molecule has 6 nitrogen and oxygen atoms in total. The first-order chi connectivity index (χ1) is 11.8. The van der Waals surface area contributed by atoms with Crippen molar-refractivity contribution in [3.63, 3.8) is 0 Å². The molecule has 0 aliphatic heterocycles. The van der Waals surface area contributed by atoms with Crippen LogP contribution in [0, 0.1) is 0 Å². The molecule has 0 aromatic carbocycles. The Kier molecular flexibility index (Phi) is 9.68. The summed E-state index contributed by atoms with van der Waals surface area (Å²) in [5.74, 6) is -0.150. The van der Waals surface area contributed by atoms with Crippen LogP contribution >= 0.6 is 47.5 Å². The van der Waals surface area contributed by atoms with Crippen LogP contribution in [-0.2, 0) is 13.0 Å². The molecule has 0 radical (unpaired) electrons. The molecule has 0 saturated heterocycles. The summed E-state index contributed by atoms with van der Waals surface area (Å²) in [7, 11) is 0. The molecule has 0 fully saturated rings. The van der Waals surface area contributed by atoms with Crippen molar-refractivity contribution in [3.8, 4) is 11.3 Å². The van der Waals surface area contributed by atoms with Gasteiger partial charge in [-0.1, -0.05) is 0 Å². The molecule has 10 heteroatoms. The fourth-order valence-corrected chi connectivity index (χ4v) is 3.63. The highest BCUT2D eigenvalue weighted by atomic mass is 35.5. The second-order valence-electron chi connectivity index (χ2n) is 5.05. The van der Waals surface area contributed by atoms with Crippen molar-refractivity contribution < 1.29 is 4.79 Å². The Morgan fingerprint density at radius 2 is 1.81 bits per heavy atom. The van der Waals surface area contributed by atoms with E-state index in [1.807, 2.05) is 17.5 Å². The van der Waals surface area contributed by atoms with Crippen LogP contribution in [0.1, 0.15) is 26.9 Å². The van der Waals surface area contributed by atoms with E-state index in [1.54, 1.807) is 29.1 Å². The van der Waals surface area contributed by atoms with E-state index >= 15 is 0 Å². The molecule has 0 atom stereocenters. The van der Waals surface area contributed by atoms with Gasteiger partial charge in [0.1, 0.15) is 10.7 Å². The molecule has 3 aromatic heterocycles. The van der Waals surface area contributed by atoms with Crippen molar-refractivity contribution in [1.29, 1.82) is 0 Å². The maximum atomic E-state index is 11.9. The smallest absolute Gasteiger partial charge is 0.270 e. The van der Waals surface area contributed by atoms with Gasteiger partial charge in [-0.15, -0.1) is 47.5 Å². The summed E-state index contributed by atoms with van der Waals surface area (Å²) in [4.78, 5) is 24.8. The van der Waals surface area contributed by atoms with Gasteiger partial charge in [-0.05, 0) is 18.6 Å². The average Bonchev–Trinajstić information content (AvgIpc) is 3.28. The van der Waals surface area contributed by atoms with Crippen LogP contribution in [0.25, 0.3) is 11.3 Å². The van der Waals surface area contributed by atoms with Crippen LogP contribution in [0.5, 0.6) is 0 Å². The number of pyridine rings is 1. The van der Waals surface area contributed by atoms with Crippen molar-refractivity contribution in [2.75, 3.05) is 6.54 Å². The van der Waals surface area contributed by atoms with Gasteiger partial charge in [0.15, 0.2) is 0 Å². The van der Waals surface area contributed by atoms with Gasteiger partial charge in [0.2, 0.25) is 0 Å². The topological polar surface area (TPSA) is 93.8 Å². The molecule has 0 bridgehead atoms. The Balaban J connectivity index is 0.00000169. The minimum atomic E-state index is -0.150. The van der Waals surface area contributed by atoms with Gasteiger partial charge in [0, 0.05) is 48.2 Å². The highest BCUT2D eigenvalue weighted by Crippen LogP contribution is 2.21. The molecule has 0 aliphatic rings. The van der Waals surface area contributed by atoms with E-state index in [4.69, 9.17) is 5.73 Å². The van der Waals surface area contributed by atoms with Crippen LogP contribution < -0.4 is 11.1 Å². The maximum absolute atomic E-state index is 11.9. The number of carbonyl (C=O) groups excluding carboxylic acids is 1. The molecule has 0 unspecified atom stereocenters. The molecule has 0 aliphatic carbocycles. The predicted octanol–water partition coefficient (Wildman–Crippen LogP) is 3.33. The van der Waals surface area contributed by atoms with Crippen LogP contribution in [0.15, 0.2) is 35.3 Å². The number of halogens is 2. The maximum Gasteiger partial charge on any atom is 0.270 e. The Morgan fingerprint density at radius 1 is 1.08 bits per heavy atom. The number of nitrogens with zero attached hydrogens (tertiary/aromatic N) is 3. The van der Waals surface area contributed by atoms with Gasteiger partial charge in [0.25, 0.3) is 5.91 Å². The van der Waals surface area contributed by atoms with Crippen LogP contribution in [0.2, 0.25) is 0 Å². The number of aryl methyl sites for hydroxylation is 1. The van der Waals surface area contributed by atoms with E-state index in [2.05, 4.69) is 20.3 Å². The summed E-state index contributed by atoms with van der Waals surface area (Å²) in [6, 6.07) is 3.89. The number of nitrogens with one attached hydrogen (secondary N) is 1. The minimum Gasteiger partial charge on any atom is -0.351 e. The lowest BCUT2D eigenvalue weighted by Gasteiger charge is -2.01. The van der Waals surface area contributed by atoms with E-state index in [1.165, 1.54) is 11.3 Å². The zero-order valence-corrected chi connectivity index (χ0v) is 17.0. The summed E-state index contributed by atoms with van der Waals surface area (Å²) in [5, 5.41) is 8.50. The van der Waals surface area contributed by atoms with E-state index in [-0.39, 0.29) is 30.7 Å². The number of hydrogen-bond donors (Lipinski definition) is 2. The monoisotopic (exact) mass is 431 g/mol. The highest BCUT2D eigenvalue weighted by Gasteiger charge is 2.10. The quantitative estimate of drug-likeness (QED) is 0.559. The molecule has 3 heterocycles. The van der Waals surface area contributed by atoms with Gasteiger partial charge in [0.05, 0.1) is 10.7 Å². The van der Waals surface area contributed by atoms with Gasteiger partial charge < -0.3 is 11.1 Å². The number of rotatable bonds is 7. The van der Waals surface area contributed by atoms with E-state index < -0.39 is 0 Å². The van der Waals surface area contributed by atoms with E-state index in [0.717, 1.165) is 34.1 Å². The number of nitrogens with two attached hydrogens (primary N) is 1. The number of aromatic nitrogens is 3. The Bertz CT molecular complexity index is 810. The minimum absolute atomic E-state index is 0. The molecule has 140 valence electrons. The van der Waals surface area contributed by atoms with Gasteiger partial charge in [-0.2, -0.15) is 0 Å². The molecule has 3 aromatic rings. The molecule has 3 N–H and O–H groups in total. The van der Waals surface area contributed by atoms with Gasteiger partial charge >= 0.3 is 0 Å². The SMILES string of the molecule is Cl.Cl.NCc1nc(C(=O)NCCCc2nc(-c3ccncc3)cs2)cs1. The summed E-state index contributed by atoms with van der Waals surface area (Å²) >= 11 is 3.04. The second kappa shape index (κ2) is 11.2. The normalized spacial score (nSPS) is 9.88. The summed E-state index contributed by atoms with van der Waals surface area (Å²) in [5.41, 5.74) is 7.98. The van der Waals surface area contributed by atoms with Gasteiger partial charge in [-0.25, -0.2) is 9.97 Å². The number of thiazole rings is 2. The van der Waals surface area contributed by atoms with Crippen molar-refractivity contribution >= 4 is 53.4 Å². The highest BCUT2D eigenvalue weighted by molar-refractivity contribution is 7.10. The number of hydrogen-bond acceptors (Lipinski definition) is 7. The molecule has 0 spiro atoms. The molecule has 26 heavy (non-hydrogen) atoms. The molecule has 3 rings (SSSR count). The van der Waals surface area contributed by atoms with Crippen molar-refractivity contribution in [2.45, 2.75) is 19.4 Å². The second-order valence-corrected chi connectivity index (χ2v) is 6.94. The van der Waals surface area contributed by atoms with Crippen molar-refractivity contribution in [1.82, 2.24) is 20.3 Å². The largest absolute Gasteiger partial charge is 0.351 e. The Hall–Kier alpha value is -1.58. The van der Waals surface area contributed by atoms with Crippen molar-refractivity contribution in [2.24, 2.45) is 5.73 Å². The molecular formula is C16H19Cl2N5OS2. The standard InChI is InChI=1S/C16H17N5OS2.2ClH/c17-8-15-21-13(10-24-15)16(22)19-5-1-2-14-20-12(9-23-14)11-3-6-18-7-4-11;;/h3-4,6-7,9-10H,1-2,5,8,17H2,(H,19,22);2*1H. The zero-order chi connectivity index (χ0) is 16.8. The van der Waals surface area contributed by atoms with Gasteiger partial charge in [-0.3, -0.25) is 9.78 Å². The Morgan fingerprint density at radius 3 is 2.50 bits per heavy atom. The summed E-state index contributed by atoms with van der Waals surface area (Å²) in [6.45, 7) is 0.959. The summed E-state index contributed by atoms with van der Waals surface area (Å²) in [6.07, 6.45) is 5.20. The lowest BCUT2D eigenvalue weighted by Crippen LogP contribution is -2.25. The van der Waals surface area contributed by atoms with E-state index in [9.17, 15) is 4.79 Å². The first-order valence-corrected chi connectivity index (χ1v) is 9.29. The first kappa shape index (κ1) is 22.5. The van der Waals surface area contributed by atoms with E-state index in [0.29, 0.717) is 18.8 Å². The van der Waals surface area contributed by atoms with Crippen molar-refractivity contribution in [3.05, 3.63) is 51.0 Å².